The molecule has 0 aliphatic rings. The first kappa shape index (κ1) is 18.9. The summed E-state index contributed by atoms with van der Waals surface area (Å²) in [4.78, 5) is 21.1. The number of aromatic nitrogens is 2. The number of hydrogen-bond donors (Lipinski definition) is 2. The van der Waals surface area contributed by atoms with Gasteiger partial charge in [-0.1, -0.05) is 41.9 Å². The Morgan fingerprint density at radius 3 is 2.59 bits per heavy atom. The van der Waals surface area contributed by atoms with Crippen LogP contribution in [0, 0.1) is 20.8 Å². The lowest BCUT2D eigenvalue weighted by atomic mass is 10.1. The van der Waals surface area contributed by atoms with Crippen LogP contribution in [0.4, 0.5) is 11.6 Å². The lowest BCUT2D eigenvalue weighted by Crippen LogP contribution is -2.16. The number of carbonyl (C=O) groups excluding carboxylic acids is 1. The minimum absolute atomic E-state index is 0.272. The van der Waals surface area contributed by atoms with E-state index in [0.717, 1.165) is 16.7 Å². The van der Waals surface area contributed by atoms with Crippen LogP contribution in [0.3, 0.4) is 0 Å². The summed E-state index contributed by atoms with van der Waals surface area (Å²) in [5, 5.41) is 6.51. The maximum absolute atomic E-state index is 12.6. The van der Waals surface area contributed by atoms with Crippen LogP contribution in [-0.4, -0.2) is 15.9 Å². The van der Waals surface area contributed by atoms with Gasteiger partial charge in [0, 0.05) is 12.7 Å². The van der Waals surface area contributed by atoms with Crippen molar-refractivity contribution in [1.82, 2.24) is 9.97 Å². The SMILES string of the molecule is Cc1cc(C)c(NC(=O)c2ccnc(NCc3ccccc3C)n2)c(Cl)c1. The van der Waals surface area contributed by atoms with E-state index in [1.54, 1.807) is 12.3 Å². The average Bonchev–Trinajstić information content (AvgIpc) is 2.64. The van der Waals surface area contributed by atoms with E-state index < -0.39 is 0 Å². The number of amides is 1. The molecule has 1 heterocycles. The molecule has 0 saturated carbocycles. The standard InChI is InChI=1S/C21H21ClN4O/c1-13-10-15(3)19(17(22)11-13)26-20(27)18-8-9-23-21(25-18)24-12-16-7-5-4-6-14(16)2/h4-11H,12H2,1-3H3,(H,26,27)(H,23,24,25). The minimum atomic E-state index is -0.329. The van der Waals surface area contributed by atoms with Crippen molar-refractivity contribution in [2.75, 3.05) is 10.6 Å². The molecule has 5 nitrogen and oxygen atoms in total. The van der Waals surface area contributed by atoms with Crippen LogP contribution in [-0.2, 0) is 6.54 Å². The molecule has 1 amide bonds. The molecule has 2 aromatic carbocycles. The molecule has 138 valence electrons. The number of halogens is 1. The van der Waals surface area contributed by atoms with Crippen LogP contribution in [0.5, 0.6) is 0 Å². The third-order valence-corrected chi connectivity index (χ3v) is 4.55. The van der Waals surface area contributed by atoms with E-state index in [1.807, 2.05) is 44.2 Å². The summed E-state index contributed by atoms with van der Waals surface area (Å²) in [7, 11) is 0. The highest BCUT2D eigenvalue weighted by molar-refractivity contribution is 6.34. The molecular formula is C21H21ClN4O. The Morgan fingerprint density at radius 2 is 1.85 bits per heavy atom. The molecule has 0 unspecified atom stereocenters. The molecule has 27 heavy (non-hydrogen) atoms. The Labute approximate surface area is 163 Å². The molecule has 0 aliphatic carbocycles. The lowest BCUT2D eigenvalue weighted by Gasteiger charge is -2.12. The summed E-state index contributed by atoms with van der Waals surface area (Å²) in [5.74, 6) is 0.0721. The second kappa shape index (κ2) is 8.18. The predicted molar refractivity (Wildman–Crippen MR) is 109 cm³/mol. The Balaban J connectivity index is 1.73. The van der Waals surface area contributed by atoms with Crippen molar-refractivity contribution >= 4 is 29.1 Å². The molecule has 0 bridgehead atoms. The number of aryl methyl sites for hydroxylation is 3. The molecule has 0 spiro atoms. The van der Waals surface area contributed by atoms with Crippen LogP contribution in [0.1, 0.15) is 32.7 Å². The molecule has 0 atom stereocenters. The zero-order valence-electron chi connectivity index (χ0n) is 15.5. The summed E-state index contributed by atoms with van der Waals surface area (Å²) in [6.45, 7) is 6.50. The van der Waals surface area contributed by atoms with Gasteiger partial charge < -0.3 is 10.6 Å². The number of nitrogens with one attached hydrogen (secondary N) is 2. The molecule has 3 rings (SSSR count). The Hall–Kier alpha value is -2.92. The fourth-order valence-corrected chi connectivity index (χ4v) is 3.17. The predicted octanol–water partition coefficient (Wildman–Crippen LogP) is 4.92. The number of hydrogen-bond acceptors (Lipinski definition) is 4. The Kier molecular flexibility index (Phi) is 5.72. The smallest absolute Gasteiger partial charge is 0.274 e. The first-order valence-corrected chi connectivity index (χ1v) is 9.01. The maximum atomic E-state index is 12.6. The van der Waals surface area contributed by atoms with Crippen LogP contribution in [0.15, 0.2) is 48.7 Å². The molecule has 0 saturated heterocycles. The maximum Gasteiger partial charge on any atom is 0.274 e. The fourth-order valence-electron chi connectivity index (χ4n) is 2.80. The second-order valence-electron chi connectivity index (χ2n) is 6.44. The van der Waals surface area contributed by atoms with Crippen LogP contribution in [0.2, 0.25) is 5.02 Å². The molecule has 0 aliphatic heterocycles. The van der Waals surface area contributed by atoms with E-state index in [1.165, 1.54) is 5.56 Å². The van der Waals surface area contributed by atoms with E-state index in [2.05, 4.69) is 33.6 Å². The zero-order valence-corrected chi connectivity index (χ0v) is 16.3. The average molecular weight is 381 g/mol. The van der Waals surface area contributed by atoms with Crippen LogP contribution < -0.4 is 10.6 Å². The van der Waals surface area contributed by atoms with Gasteiger partial charge in [-0.3, -0.25) is 4.79 Å². The van der Waals surface area contributed by atoms with Gasteiger partial charge in [-0.15, -0.1) is 0 Å². The quantitative estimate of drug-likeness (QED) is 0.659. The zero-order chi connectivity index (χ0) is 19.4. The Bertz CT molecular complexity index is 964. The highest BCUT2D eigenvalue weighted by atomic mass is 35.5. The van der Waals surface area contributed by atoms with Crippen LogP contribution in [0.25, 0.3) is 0 Å². The van der Waals surface area contributed by atoms with Crippen molar-refractivity contribution < 1.29 is 4.79 Å². The van der Waals surface area contributed by atoms with Crippen molar-refractivity contribution in [1.29, 1.82) is 0 Å². The van der Waals surface area contributed by atoms with Gasteiger partial charge in [-0.25, -0.2) is 9.97 Å². The molecule has 1 aromatic heterocycles. The first-order valence-electron chi connectivity index (χ1n) is 8.63. The number of anilines is 2. The normalized spacial score (nSPS) is 10.5. The van der Waals surface area contributed by atoms with Crippen molar-refractivity contribution in [3.8, 4) is 0 Å². The highest BCUT2D eigenvalue weighted by Gasteiger charge is 2.13. The van der Waals surface area contributed by atoms with Gasteiger partial charge in [0.1, 0.15) is 5.69 Å². The number of benzene rings is 2. The number of rotatable bonds is 5. The molecule has 0 fully saturated rings. The summed E-state index contributed by atoms with van der Waals surface area (Å²) >= 11 is 6.27. The summed E-state index contributed by atoms with van der Waals surface area (Å²) < 4.78 is 0. The number of carbonyl (C=O) groups is 1. The van der Waals surface area contributed by atoms with Crippen LogP contribution >= 0.6 is 11.6 Å². The fraction of sp³-hybridized carbons (Fsp3) is 0.190. The van der Waals surface area contributed by atoms with E-state index in [9.17, 15) is 4.79 Å². The van der Waals surface area contributed by atoms with E-state index in [-0.39, 0.29) is 11.6 Å². The topological polar surface area (TPSA) is 66.9 Å². The second-order valence-corrected chi connectivity index (χ2v) is 6.85. The lowest BCUT2D eigenvalue weighted by molar-refractivity contribution is 0.102. The Morgan fingerprint density at radius 1 is 1.07 bits per heavy atom. The third-order valence-electron chi connectivity index (χ3n) is 4.26. The number of nitrogens with zero attached hydrogens (tertiary/aromatic N) is 2. The molecule has 3 aromatic rings. The summed E-state index contributed by atoms with van der Waals surface area (Å²) in [5.41, 5.74) is 5.15. The van der Waals surface area contributed by atoms with Gasteiger partial charge in [0.05, 0.1) is 10.7 Å². The van der Waals surface area contributed by atoms with Gasteiger partial charge in [-0.05, 0) is 55.2 Å². The van der Waals surface area contributed by atoms with Crippen molar-refractivity contribution in [2.24, 2.45) is 0 Å². The monoisotopic (exact) mass is 380 g/mol. The van der Waals surface area contributed by atoms with E-state index in [4.69, 9.17) is 11.6 Å². The van der Waals surface area contributed by atoms with Gasteiger partial charge in [0.25, 0.3) is 5.91 Å². The molecular weight excluding hydrogens is 360 g/mol. The third kappa shape index (κ3) is 4.63. The summed E-state index contributed by atoms with van der Waals surface area (Å²) in [6, 6.07) is 13.4. The van der Waals surface area contributed by atoms with E-state index in [0.29, 0.717) is 23.2 Å². The largest absolute Gasteiger partial charge is 0.350 e. The minimum Gasteiger partial charge on any atom is -0.350 e. The van der Waals surface area contributed by atoms with Gasteiger partial charge in [0.2, 0.25) is 5.95 Å². The molecule has 6 heteroatoms. The van der Waals surface area contributed by atoms with Gasteiger partial charge in [-0.2, -0.15) is 0 Å². The van der Waals surface area contributed by atoms with Crippen molar-refractivity contribution in [3.05, 3.63) is 81.6 Å². The van der Waals surface area contributed by atoms with Gasteiger partial charge >= 0.3 is 0 Å². The van der Waals surface area contributed by atoms with Crippen molar-refractivity contribution in [3.63, 3.8) is 0 Å². The van der Waals surface area contributed by atoms with E-state index >= 15 is 0 Å². The molecule has 0 radical (unpaired) electrons. The molecule has 2 N–H and O–H groups in total. The van der Waals surface area contributed by atoms with Gasteiger partial charge in [0.15, 0.2) is 0 Å². The highest BCUT2D eigenvalue weighted by Crippen LogP contribution is 2.27. The first-order chi connectivity index (χ1) is 12.9. The van der Waals surface area contributed by atoms with Crippen molar-refractivity contribution in [2.45, 2.75) is 27.3 Å². The summed E-state index contributed by atoms with van der Waals surface area (Å²) in [6.07, 6.45) is 1.56.